The van der Waals surface area contributed by atoms with Crippen LogP contribution in [0.1, 0.15) is 66.8 Å². The van der Waals surface area contributed by atoms with Crippen LogP contribution >= 0.6 is 0 Å². The number of nitrogens with zero attached hydrogens (tertiary/aromatic N) is 20. The van der Waals surface area contributed by atoms with Crippen molar-refractivity contribution in [2.75, 3.05) is 0 Å². The van der Waals surface area contributed by atoms with Crippen LogP contribution in [0.25, 0.3) is 169 Å². The second kappa shape index (κ2) is 40.0. The number of benzene rings is 12. The molecule has 12 aromatic heterocycles. The number of aryl methyl sites for hydroxylation is 12. The number of imidazole rings is 6. The minimum absolute atomic E-state index is 0.656. The molecule has 24 rings (SSSR count). The fourth-order valence-electron chi connectivity index (χ4n) is 16.4. The van der Waals surface area contributed by atoms with Gasteiger partial charge in [-0.05, 0) is 192 Å². The molecular weight excluding hydrogens is 1700 g/mol. The molecule has 0 aliphatic heterocycles. The lowest BCUT2D eigenvalue weighted by Gasteiger charge is -2.10. The zero-order valence-corrected chi connectivity index (χ0v) is 78.9. The van der Waals surface area contributed by atoms with Crippen molar-refractivity contribution in [2.45, 2.75) is 83.1 Å². The van der Waals surface area contributed by atoms with Gasteiger partial charge >= 0.3 is 0 Å². The molecule has 0 fully saturated rings. The van der Waals surface area contributed by atoms with Crippen molar-refractivity contribution in [3.05, 3.63) is 456 Å². The number of fused-ring (bicyclic) bond motifs is 6. The van der Waals surface area contributed by atoms with E-state index in [4.69, 9.17) is 29.9 Å². The summed E-state index contributed by atoms with van der Waals surface area (Å²) in [5.41, 5.74) is 38.4. The van der Waals surface area contributed by atoms with Gasteiger partial charge in [-0.3, -0.25) is 37.4 Å². The number of pyridine rings is 4. The molecule has 0 bridgehead atoms. The molecule has 0 atom stereocenters. The molecule has 0 aliphatic carbocycles. The van der Waals surface area contributed by atoms with Crippen molar-refractivity contribution >= 4 is 66.9 Å². The van der Waals surface area contributed by atoms with Crippen LogP contribution in [-0.4, -0.2) is 97.2 Å². The van der Waals surface area contributed by atoms with Gasteiger partial charge < -0.3 is 0 Å². The topological polar surface area (TPSA) is 210 Å². The molecule has 20 heteroatoms. The standard InChI is InChI=1S/4C20H17N3.2C19H16N4/c1-14-3-7-16(8-4-14)20-22-18-13-21-12-11-19(18)23(20)17-9-5-15(2)6-10-17;1-14-3-7-16(8-4-14)20-22-18-11-12-21-13-19(18)23(20)17-9-5-15(2)6-10-17;1-14-5-9-16(10-6-14)20-22-19-18(4-3-13-21-19)23(20)17-11-7-15(2)8-12-17;1-14-5-9-16(10-6-14)19-22-18-4-3-13-21-20(18)23(19)17-11-7-15(2)8-12-17;1-13-3-7-15(8-4-13)18-22-17-11-20-12-21-19(17)23(18)16-9-5-14(2)6-10-16;1-13-3-7-15(8-4-13)18-22-17-19(21-12-11-20-17)23(18)16-9-5-14(2)6-10-16/h4*3-13H,1-2H3;2*3-12H,1-2H3. The highest BCUT2D eigenvalue weighted by atomic mass is 15.2. The van der Waals surface area contributed by atoms with Crippen LogP contribution in [0.4, 0.5) is 0 Å². The Hall–Kier alpha value is -17.8. The Kier molecular flexibility index (Phi) is 25.9. The highest BCUT2D eigenvalue weighted by molar-refractivity contribution is 5.87. The normalized spacial score (nSPS) is 11.0. The molecule has 0 saturated heterocycles. The summed E-state index contributed by atoms with van der Waals surface area (Å²) >= 11 is 0. The molecule has 0 radical (unpaired) electrons. The first-order valence-electron chi connectivity index (χ1n) is 45.9. The third-order valence-corrected chi connectivity index (χ3v) is 24.0. The van der Waals surface area contributed by atoms with E-state index in [1.54, 1.807) is 37.3 Å². The van der Waals surface area contributed by atoms with E-state index in [0.29, 0.717) is 5.65 Å². The van der Waals surface area contributed by atoms with Crippen molar-refractivity contribution in [1.82, 2.24) is 97.2 Å². The van der Waals surface area contributed by atoms with E-state index < -0.39 is 0 Å². The van der Waals surface area contributed by atoms with E-state index in [2.05, 4.69) is 448 Å². The molecule has 0 aliphatic rings. The molecule has 12 heterocycles. The van der Waals surface area contributed by atoms with Crippen molar-refractivity contribution in [2.24, 2.45) is 0 Å². The molecule has 672 valence electrons. The van der Waals surface area contributed by atoms with E-state index in [0.717, 1.165) is 164 Å². The molecule has 12 aromatic carbocycles. The summed E-state index contributed by atoms with van der Waals surface area (Å²) in [4.78, 5) is 63.5. The highest BCUT2D eigenvalue weighted by Gasteiger charge is 2.23. The van der Waals surface area contributed by atoms with E-state index in [9.17, 15) is 0 Å². The monoisotopic (exact) mass is 1800 g/mol. The van der Waals surface area contributed by atoms with Gasteiger partial charge in [-0.25, -0.2) is 59.8 Å². The first kappa shape index (κ1) is 89.4. The van der Waals surface area contributed by atoms with Crippen LogP contribution in [-0.2, 0) is 0 Å². The summed E-state index contributed by atoms with van der Waals surface area (Å²) in [7, 11) is 0. The summed E-state index contributed by atoms with van der Waals surface area (Å²) in [5.74, 6) is 5.46. The number of aromatic nitrogens is 20. The lowest BCUT2D eigenvalue weighted by Crippen LogP contribution is -1.98. The minimum Gasteiger partial charge on any atom is -0.292 e. The van der Waals surface area contributed by atoms with E-state index in [1.807, 2.05) is 55.1 Å². The molecule has 24 aromatic rings. The number of hydrogen-bond donors (Lipinski definition) is 0. The summed E-state index contributed by atoms with van der Waals surface area (Å²) in [5, 5.41) is 0. The molecular formula is C118H100N20. The van der Waals surface area contributed by atoms with Gasteiger partial charge in [0.15, 0.2) is 28.2 Å². The van der Waals surface area contributed by atoms with Gasteiger partial charge in [0, 0.05) is 105 Å². The van der Waals surface area contributed by atoms with Gasteiger partial charge in [0.1, 0.15) is 57.8 Å². The zero-order chi connectivity index (χ0) is 94.9. The van der Waals surface area contributed by atoms with Crippen LogP contribution in [0, 0.1) is 83.1 Å². The van der Waals surface area contributed by atoms with Crippen LogP contribution in [0.5, 0.6) is 0 Å². The third-order valence-electron chi connectivity index (χ3n) is 24.0. The van der Waals surface area contributed by atoms with Crippen LogP contribution < -0.4 is 0 Å². The summed E-state index contributed by atoms with van der Waals surface area (Å²) < 4.78 is 12.8. The van der Waals surface area contributed by atoms with Crippen molar-refractivity contribution < 1.29 is 0 Å². The first-order valence-corrected chi connectivity index (χ1v) is 45.9. The Morgan fingerprint density at radius 1 is 0.167 bits per heavy atom. The average molecular weight is 1800 g/mol. The van der Waals surface area contributed by atoms with Crippen molar-refractivity contribution in [1.29, 1.82) is 0 Å². The van der Waals surface area contributed by atoms with Gasteiger partial charge in [-0.15, -0.1) is 0 Å². The smallest absolute Gasteiger partial charge is 0.198 e. The molecule has 0 unspecified atom stereocenters. The predicted octanol–water partition coefficient (Wildman–Crippen LogP) is 27.0. The number of hydrogen-bond acceptors (Lipinski definition) is 14. The Balaban J connectivity index is 0.000000106. The minimum atomic E-state index is 0.656. The molecule has 0 N–H and O–H groups in total. The van der Waals surface area contributed by atoms with Gasteiger partial charge in [-0.2, -0.15) is 0 Å². The molecule has 20 nitrogen and oxygen atoms in total. The predicted molar refractivity (Wildman–Crippen MR) is 558 cm³/mol. The Morgan fingerprint density at radius 2 is 0.442 bits per heavy atom. The number of rotatable bonds is 12. The van der Waals surface area contributed by atoms with Crippen LogP contribution in [0.3, 0.4) is 0 Å². The second-order valence-corrected chi connectivity index (χ2v) is 34.7. The Bertz CT molecular complexity index is 7070. The van der Waals surface area contributed by atoms with Gasteiger partial charge in [0.25, 0.3) is 0 Å². The fraction of sp³-hybridized carbons (Fsp3) is 0.102. The third kappa shape index (κ3) is 19.6. The van der Waals surface area contributed by atoms with Gasteiger partial charge in [0.05, 0.1) is 40.7 Å². The summed E-state index contributed by atoms with van der Waals surface area (Å²) in [6.07, 6.45) is 17.6. The van der Waals surface area contributed by atoms with Crippen molar-refractivity contribution in [3.8, 4) is 102 Å². The molecule has 138 heavy (non-hydrogen) atoms. The average Bonchev–Trinajstić information content (AvgIpc) is 1.65. The Morgan fingerprint density at radius 3 is 0.870 bits per heavy atom. The van der Waals surface area contributed by atoms with E-state index in [1.165, 1.54) is 66.8 Å². The Labute approximate surface area is 800 Å². The maximum absolute atomic E-state index is 4.83. The lowest BCUT2D eigenvalue weighted by molar-refractivity contribution is 1.07. The van der Waals surface area contributed by atoms with Gasteiger partial charge in [0.2, 0.25) is 0 Å². The second-order valence-electron chi connectivity index (χ2n) is 34.7. The molecule has 0 saturated carbocycles. The SMILES string of the molecule is Cc1ccc(-c2nc3cccnc3n2-c2ccc(C)cc2)cc1.Cc1ccc(-c2nc3ccncc3n2-c2ccc(C)cc2)cc1.Cc1ccc(-c2nc3cnccc3n2-c2ccc(C)cc2)cc1.Cc1ccc(-c2nc3cncnc3n2-c2ccc(C)cc2)cc1.Cc1ccc(-c2nc3ncccc3n2-c2ccc(C)cc2)cc1.Cc1ccc(-c2nc3nccnc3n2-c2ccc(C)cc2)cc1. The highest BCUT2D eigenvalue weighted by Crippen LogP contribution is 2.36. The fourth-order valence-corrected chi connectivity index (χ4v) is 16.4. The molecule has 0 spiro atoms. The largest absolute Gasteiger partial charge is 0.292 e. The van der Waals surface area contributed by atoms with E-state index in [-0.39, 0.29) is 0 Å². The summed E-state index contributed by atoms with van der Waals surface area (Å²) in [6.45, 7) is 25.1. The zero-order valence-electron chi connectivity index (χ0n) is 78.9. The summed E-state index contributed by atoms with van der Waals surface area (Å²) in [6, 6.07) is 113. The quantitative estimate of drug-likeness (QED) is 0.111. The van der Waals surface area contributed by atoms with Gasteiger partial charge in [-0.1, -0.05) is 285 Å². The van der Waals surface area contributed by atoms with Crippen molar-refractivity contribution in [3.63, 3.8) is 0 Å². The van der Waals surface area contributed by atoms with E-state index >= 15 is 0 Å². The van der Waals surface area contributed by atoms with Crippen LogP contribution in [0.2, 0.25) is 0 Å². The lowest BCUT2D eigenvalue weighted by atomic mass is 10.1. The maximum atomic E-state index is 4.83. The maximum Gasteiger partial charge on any atom is 0.198 e. The first-order chi connectivity index (χ1) is 67.3. The molecule has 0 amide bonds. The van der Waals surface area contributed by atoms with Crippen LogP contribution in [0.15, 0.2) is 390 Å².